The summed E-state index contributed by atoms with van der Waals surface area (Å²) in [5.41, 5.74) is 8.79. The Morgan fingerprint density at radius 1 is 1.12 bits per heavy atom. The molecule has 0 aliphatic heterocycles. The average Bonchev–Trinajstić information content (AvgIpc) is 2.33. The van der Waals surface area contributed by atoms with E-state index in [1.54, 1.807) is 0 Å². The summed E-state index contributed by atoms with van der Waals surface area (Å²) in [7, 11) is 0. The van der Waals surface area contributed by atoms with Gasteiger partial charge in [0.2, 0.25) is 0 Å². The van der Waals surface area contributed by atoms with Crippen LogP contribution in [0.15, 0.2) is 35.5 Å². The summed E-state index contributed by atoms with van der Waals surface area (Å²) in [4.78, 5) is 8.70. The van der Waals surface area contributed by atoms with Gasteiger partial charge in [0.15, 0.2) is 5.16 Å². The molecule has 0 aliphatic rings. The molecule has 0 spiro atoms. The van der Waals surface area contributed by atoms with Crippen LogP contribution in [0.25, 0.3) is 11.3 Å². The van der Waals surface area contributed by atoms with Gasteiger partial charge in [-0.3, -0.25) is 0 Å². The van der Waals surface area contributed by atoms with Crippen LogP contribution < -0.4 is 5.73 Å². The Bertz CT molecular complexity index is 497. The molecule has 0 saturated carbocycles. The number of nitrogen functional groups attached to an aromatic ring is 1. The molecule has 0 radical (unpaired) electrons. The first-order chi connectivity index (χ1) is 7.72. The molecular formula is C12H13N3S. The molecule has 2 rings (SSSR count). The average molecular weight is 231 g/mol. The zero-order valence-corrected chi connectivity index (χ0v) is 10.1. The van der Waals surface area contributed by atoms with Crippen LogP contribution in [0.4, 0.5) is 5.82 Å². The van der Waals surface area contributed by atoms with E-state index in [0.29, 0.717) is 11.0 Å². The van der Waals surface area contributed by atoms with Crippen molar-refractivity contribution in [2.75, 3.05) is 12.0 Å². The van der Waals surface area contributed by atoms with Crippen LogP contribution in [0.1, 0.15) is 5.56 Å². The van der Waals surface area contributed by atoms with Gasteiger partial charge in [-0.15, -0.1) is 0 Å². The second-order valence-electron chi connectivity index (χ2n) is 3.44. The first kappa shape index (κ1) is 11.0. The molecule has 0 saturated heterocycles. The van der Waals surface area contributed by atoms with Crippen LogP contribution in [0.5, 0.6) is 0 Å². The Morgan fingerprint density at radius 2 is 1.81 bits per heavy atom. The highest BCUT2D eigenvalue weighted by atomic mass is 32.2. The number of hydrogen-bond donors (Lipinski definition) is 1. The van der Waals surface area contributed by atoms with Gasteiger partial charge in [-0.2, -0.15) is 0 Å². The van der Waals surface area contributed by atoms with Crippen LogP contribution in [0.2, 0.25) is 0 Å². The molecule has 2 aromatic rings. The molecule has 82 valence electrons. The van der Waals surface area contributed by atoms with Crippen molar-refractivity contribution in [2.45, 2.75) is 12.1 Å². The van der Waals surface area contributed by atoms with Gasteiger partial charge in [-0.1, -0.05) is 42.1 Å². The lowest BCUT2D eigenvalue weighted by atomic mass is 10.1. The summed E-state index contributed by atoms with van der Waals surface area (Å²) in [6, 6.07) is 10.0. The van der Waals surface area contributed by atoms with E-state index in [4.69, 9.17) is 5.73 Å². The minimum Gasteiger partial charge on any atom is -0.383 e. The highest BCUT2D eigenvalue weighted by Crippen LogP contribution is 2.26. The maximum atomic E-state index is 5.87. The second kappa shape index (κ2) is 4.53. The Labute approximate surface area is 99.1 Å². The lowest BCUT2D eigenvalue weighted by Crippen LogP contribution is -2.01. The number of thioether (sulfide) groups is 1. The Morgan fingerprint density at radius 3 is 2.44 bits per heavy atom. The molecule has 1 aromatic carbocycles. The van der Waals surface area contributed by atoms with Gasteiger partial charge in [0.05, 0.1) is 5.69 Å². The van der Waals surface area contributed by atoms with Crippen molar-refractivity contribution in [3.05, 3.63) is 35.9 Å². The van der Waals surface area contributed by atoms with Gasteiger partial charge in [0.25, 0.3) is 0 Å². The van der Waals surface area contributed by atoms with Crippen molar-refractivity contribution in [3.63, 3.8) is 0 Å². The van der Waals surface area contributed by atoms with Crippen LogP contribution in [0.3, 0.4) is 0 Å². The normalized spacial score (nSPS) is 10.4. The van der Waals surface area contributed by atoms with Gasteiger partial charge >= 0.3 is 0 Å². The molecule has 16 heavy (non-hydrogen) atoms. The molecule has 1 aromatic heterocycles. The molecule has 0 atom stereocenters. The standard InChI is InChI=1S/C12H13N3S/c1-8-10(9-6-4-3-5-7-9)14-12(16-2)15-11(8)13/h3-7H,1-2H3,(H2,13,14,15). The Hall–Kier alpha value is -1.55. The van der Waals surface area contributed by atoms with E-state index >= 15 is 0 Å². The van der Waals surface area contributed by atoms with E-state index in [0.717, 1.165) is 16.8 Å². The molecule has 0 aliphatic carbocycles. The molecule has 2 N–H and O–H groups in total. The van der Waals surface area contributed by atoms with Crippen LogP contribution in [0, 0.1) is 6.92 Å². The largest absolute Gasteiger partial charge is 0.383 e. The predicted molar refractivity (Wildman–Crippen MR) is 68.4 cm³/mol. The third kappa shape index (κ3) is 2.02. The predicted octanol–water partition coefficient (Wildman–Crippen LogP) is 2.76. The third-order valence-electron chi connectivity index (χ3n) is 2.39. The van der Waals surface area contributed by atoms with Gasteiger partial charge in [0.1, 0.15) is 5.82 Å². The van der Waals surface area contributed by atoms with Crippen molar-refractivity contribution in [2.24, 2.45) is 0 Å². The molecule has 0 bridgehead atoms. The molecule has 3 nitrogen and oxygen atoms in total. The number of aromatic nitrogens is 2. The molecule has 4 heteroatoms. The highest BCUT2D eigenvalue weighted by molar-refractivity contribution is 7.98. The minimum absolute atomic E-state index is 0.554. The summed E-state index contributed by atoms with van der Waals surface area (Å²) in [5.74, 6) is 0.554. The summed E-state index contributed by atoms with van der Waals surface area (Å²) in [6.07, 6.45) is 1.94. The number of nitrogens with zero attached hydrogens (tertiary/aromatic N) is 2. The van der Waals surface area contributed by atoms with Crippen LogP contribution in [-0.2, 0) is 0 Å². The fraction of sp³-hybridized carbons (Fsp3) is 0.167. The smallest absolute Gasteiger partial charge is 0.189 e. The Kier molecular flexibility index (Phi) is 3.10. The first-order valence-corrected chi connectivity index (χ1v) is 6.18. The van der Waals surface area contributed by atoms with E-state index in [-0.39, 0.29) is 0 Å². The van der Waals surface area contributed by atoms with Gasteiger partial charge in [0, 0.05) is 11.1 Å². The number of benzene rings is 1. The van der Waals surface area contributed by atoms with Crippen molar-refractivity contribution < 1.29 is 0 Å². The van der Waals surface area contributed by atoms with E-state index < -0.39 is 0 Å². The van der Waals surface area contributed by atoms with Crippen molar-refractivity contribution in [1.82, 2.24) is 9.97 Å². The van der Waals surface area contributed by atoms with Crippen LogP contribution in [-0.4, -0.2) is 16.2 Å². The zero-order valence-electron chi connectivity index (χ0n) is 9.27. The second-order valence-corrected chi connectivity index (χ2v) is 4.21. The van der Waals surface area contributed by atoms with Crippen molar-refractivity contribution in [1.29, 1.82) is 0 Å². The monoisotopic (exact) mass is 231 g/mol. The van der Waals surface area contributed by atoms with Crippen molar-refractivity contribution in [3.8, 4) is 11.3 Å². The number of rotatable bonds is 2. The minimum atomic E-state index is 0.554. The molecule has 1 heterocycles. The number of hydrogen-bond acceptors (Lipinski definition) is 4. The zero-order chi connectivity index (χ0) is 11.5. The van der Waals surface area contributed by atoms with Crippen molar-refractivity contribution >= 4 is 17.6 Å². The van der Waals surface area contributed by atoms with Gasteiger partial charge in [-0.25, -0.2) is 9.97 Å². The molecule has 0 amide bonds. The third-order valence-corrected chi connectivity index (χ3v) is 2.94. The lowest BCUT2D eigenvalue weighted by molar-refractivity contribution is 0.970. The van der Waals surface area contributed by atoms with Crippen LogP contribution >= 0.6 is 11.8 Å². The summed E-state index contributed by atoms with van der Waals surface area (Å²) >= 11 is 1.50. The fourth-order valence-corrected chi connectivity index (χ4v) is 1.85. The summed E-state index contributed by atoms with van der Waals surface area (Å²) in [5, 5.41) is 0.710. The van der Waals surface area contributed by atoms with Gasteiger partial charge in [-0.05, 0) is 13.2 Å². The quantitative estimate of drug-likeness (QED) is 0.638. The summed E-state index contributed by atoms with van der Waals surface area (Å²) < 4.78 is 0. The fourth-order valence-electron chi connectivity index (χ4n) is 1.48. The topological polar surface area (TPSA) is 51.8 Å². The first-order valence-electron chi connectivity index (χ1n) is 4.96. The molecule has 0 unspecified atom stereocenters. The van der Waals surface area contributed by atoms with E-state index in [1.165, 1.54) is 11.8 Å². The SMILES string of the molecule is CSc1nc(N)c(C)c(-c2ccccc2)n1. The molecule has 0 fully saturated rings. The summed E-state index contributed by atoms with van der Waals surface area (Å²) in [6.45, 7) is 1.95. The van der Waals surface area contributed by atoms with Gasteiger partial charge < -0.3 is 5.73 Å². The lowest BCUT2D eigenvalue weighted by Gasteiger charge is -2.08. The number of anilines is 1. The Balaban J connectivity index is 2.60. The van der Waals surface area contributed by atoms with E-state index in [1.807, 2.05) is 43.5 Å². The maximum Gasteiger partial charge on any atom is 0.189 e. The number of nitrogens with two attached hydrogens (primary N) is 1. The molecular weight excluding hydrogens is 218 g/mol. The highest BCUT2D eigenvalue weighted by Gasteiger charge is 2.09. The van der Waals surface area contributed by atoms with E-state index in [9.17, 15) is 0 Å². The van der Waals surface area contributed by atoms with E-state index in [2.05, 4.69) is 9.97 Å². The maximum absolute atomic E-state index is 5.87.